The molecule has 0 saturated heterocycles. The van der Waals surface area contributed by atoms with Crippen LogP contribution in [-0.2, 0) is 0 Å². The number of aromatic nitrogens is 1. The first-order valence-corrected chi connectivity index (χ1v) is 7.66. The molecule has 0 fully saturated rings. The number of rotatable bonds is 3. The Hall–Kier alpha value is -3.60. The number of H-pyrrole nitrogens is 1. The Balaban J connectivity index is 2.04. The summed E-state index contributed by atoms with van der Waals surface area (Å²) in [6, 6.07) is 17.7. The second kappa shape index (κ2) is 5.49. The van der Waals surface area contributed by atoms with Crippen molar-refractivity contribution >= 4 is 33.7 Å². The number of hydrogen-bond donors (Lipinski definition) is 3. The molecule has 5 nitrogen and oxygen atoms in total. The smallest absolute Gasteiger partial charge is 0.335 e. The van der Waals surface area contributed by atoms with Gasteiger partial charge in [0.25, 0.3) is 0 Å². The van der Waals surface area contributed by atoms with Crippen molar-refractivity contribution in [2.24, 2.45) is 0 Å². The first-order chi connectivity index (χ1) is 12.0. The maximum atomic E-state index is 11.4. The Labute approximate surface area is 142 Å². The Kier molecular flexibility index (Phi) is 3.28. The molecule has 0 aliphatic rings. The quantitative estimate of drug-likeness (QED) is 0.519. The molecule has 25 heavy (non-hydrogen) atoms. The van der Waals surface area contributed by atoms with Gasteiger partial charge in [-0.3, -0.25) is 0 Å². The summed E-state index contributed by atoms with van der Waals surface area (Å²) in [4.78, 5) is 26.1. The van der Waals surface area contributed by atoms with E-state index >= 15 is 0 Å². The molecule has 1 heterocycles. The summed E-state index contributed by atoms with van der Waals surface area (Å²) in [6.07, 6.45) is 0. The highest BCUT2D eigenvalue weighted by Gasteiger charge is 2.15. The fraction of sp³-hybridized carbons (Fsp3) is 0. The van der Waals surface area contributed by atoms with E-state index in [4.69, 9.17) is 0 Å². The van der Waals surface area contributed by atoms with Gasteiger partial charge in [-0.2, -0.15) is 0 Å². The lowest BCUT2D eigenvalue weighted by Crippen LogP contribution is -2.03. The molecule has 0 bridgehead atoms. The molecule has 0 spiro atoms. The number of aromatic carboxylic acids is 2. The van der Waals surface area contributed by atoms with Crippen molar-refractivity contribution in [3.63, 3.8) is 0 Å². The summed E-state index contributed by atoms with van der Waals surface area (Å²) in [7, 11) is 0. The summed E-state index contributed by atoms with van der Waals surface area (Å²) >= 11 is 0. The predicted molar refractivity (Wildman–Crippen MR) is 95.2 cm³/mol. The van der Waals surface area contributed by atoms with Gasteiger partial charge in [-0.15, -0.1) is 0 Å². The third kappa shape index (κ3) is 2.42. The number of nitrogens with one attached hydrogen (secondary N) is 1. The van der Waals surface area contributed by atoms with Gasteiger partial charge in [0.15, 0.2) is 0 Å². The zero-order chi connectivity index (χ0) is 17.6. The molecule has 0 aliphatic carbocycles. The normalized spacial score (nSPS) is 11.0. The maximum absolute atomic E-state index is 11.4. The standard InChI is InChI=1S/C20H13NO4/c22-19(23)12-8-11(9-13(10-12)20(24)25)14-5-3-6-16-15-4-1-2-7-17(15)21-18(14)16/h1-10,21H,(H,22,23)(H,24,25). The maximum Gasteiger partial charge on any atom is 0.335 e. The van der Waals surface area contributed by atoms with Crippen molar-refractivity contribution in [3.8, 4) is 11.1 Å². The molecule has 0 radical (unpaired) electrons. The summed E-state index contributed by atoms with van der Waals surface area (Å²) in [6.45, 7) is 0. The van der Waals surface area contributed by atoms with Gasteiger partial charge in [-0.1, -0.05) is 36.4 Å². The number of carboxylic acids is 2. The minimum atomic E-state index is -1.16. The zero-order valence-electron chi connectivity index (χ0n) is 13.0. The zero-order valence-corrected chi connectivity index (χ0v) is 13.0. The lowest BCUT2D eigenvalue weighted by atomic mass is 9.97. The molecule has 1 aromatic heterocycles. The van der Waals surface area contributed by atoms with Gasteiger partial charge >= 0.3 is 11.9 Å². The first-order valence-electron chi connectivity index (χ1n) is 7.66. The Morgan fingerprint density at radius 1 is 0.760 bits per heavy atom. The second-order valence-electron chi connectivity index (χ2n) is 5.81. The number of aromatic amines is 1. The average Bonchev–Trinajstić information content (AvgIpc) is 3.00. The third-order valence-corrected chi connectivity index (χ3v) is 4.28. The molecule has 0 amide bonds. The topological polar surface area (TPSA) is 90.4 Å². The average molecular weight is 331 g/mol. The van der Waals surface area contributed by atoms with Gasteiger partial charge < -0.3 is 15.2 Å². The van der Waals surface area contributed by atoms with Crippen LogP contribution < -0.4 is 0 Å². The monoisotopic (exact) mass is 331 g/mol. The number of benzene rings is 3. The highest BCUT2D eigenvalue weighted by Crippen LogP contribution is 2.33. The van der Waals surface area contributed by atoms with Gasteiger partial charge in [-0.25, -0.2) is 9.59 Å². The molecule has 0 unspecified atom stereocenters. The van der Waals surface area contributed by atoms with Gasteiger partial charge in [0.05, 0.1) is 16.6 Å². The van der Waals surface area contributed by atoms with E-state index in [1.54, 1.807) is 0 Å². The van der Waals surface area contributed by atoms with Gasteiger partial charge in [-0.05, 0) is 29.8 Å². The number of hydrogen-bond acceptors (Lipinski definition) is 2. The first kappa shape index (κ1) is 15.0. The number of fused-ring (bicyclic) bond motifs is 3. The molecule has 5 heteroatoms. The third-order valence-electron chi connectivity index (χ3n) is 4.28. The molecule has 0 aliphatic heterocycles. The van der Waals surface area contributed by atoms with E-state index < -0.39 is 11.9 Å². The van der Waals surface area contributed by atoms with Crippen molar-refractivity contribution in [2.75, 3.05) is 0 Å². The molecule has 0 atom stereocenters. The predicted octanol–water partition coefficient (Wildman–Crippen LogP) is 4.38. The largest absolute Gasteiger partial charge is 0.478 e. The fourth-order valence-electron chi connectivity index (χ4n) is 3.14. The molecular formula is C20H13NO4. The number of para-hydroxylation sites is 2. The minimum absolute atomic E-state index is 0.0528. The van der Waals surface area contributed by atoms with Crippen molar-refractivity contribution in [2.45, 2.75) is 0 Å². The second-order valence-corrected chi connectivity index (χ2v) is 5.81. The molecule has 122 valence electrons. The van der Waals surface area contributed by atoms with Crippen LogP contribution in [0.5, 0.6) is 0 Å². The van der Waals surface area contributed by atoms with Crippen LogP contribution in [0.2, 0.25) is 0 Å². The molecular weight excluding hydrogens is 318 g/mol. The van der Waals surface area contributed by atoms with E-state index in [1.807, 2.05) is 42.5 Å². The van der Waals surface area contributed by atoms with Crippen LogP contribution in [0.4, 0.5) is 0 Å². The van der Waals surface area contributed by atoms with Crippen molar-refractivity contribution in [1.29, 1.82) is 0 Å². The molecule has 4 rings (SSSR count). The molecule has 0 saturated carbocycles. The molecule has 3 aromatic carbocycles. The van der Waals surface area contributed by atoms with E-state index in [2.05, 4.69) is 4.98 Å². The lowest BCUT2D eigenvalue weighted by molar-refractivity contribution is 0.0696. The number of carbonyl (C=O) groups is 2. The summed E-state index contributed by atoms with van der Waals surface area (Å²) < 4.78 is 0. The van der Waals surface area contributed by atoms with E-state index in [9.17, 15) is 19.8 Å². The van der Waals surface area contributed by atoms with E-state index in [1.165, 1.54) is 18.2 Å². The van der Waals surface area contributed by atoms with Crippen LogP contribution in [0, 0.1) is 0 Å². The van der Waals surface area contributed by atoms with Gasteiger partial charge in [0, 0.05) is 21.9 Å². The van der Waals surface area contributed by atoms with Crippen molar-refractivity contribution in [3.05, 3.63) is 71.8 Å². The highest BCUT2D eigenvalue weighted by atomic mass is 16.4. The molecule has 3 N–H and O–H groups in total. The van der Waals surface area contributed by atoms with Gasteiger partial charge in [0.1, 0.15) is 0 Å². The van der Waals surface area contributed by atoms with Crippen molar-refractivity contribution < 1.29 is 19.8 Å². The summed E-state index contributed by atoms with van der Waals surface area (Å²) in [5.41, 5.74) is 3.03. The van der Waals surface area contributed by atoms with E-state index in [-0.39, 0.29) is 11.1 Å². The lowest BCUT2D eigenvalue weighted by Gasteiger charge is -2.07. The van der Waals surface area contributed by atoms with Crippen LogP contribution in [0.3, 0.4) is 0 Å². The fourth-order valence-corrected chi connectivity index (χ4v) is 3.14. The Bertz CT molecular complexity index is 1120. The highest BCUT2D eigenvalue weighted by molar-refractivity contribution is 6.12. The van der Waals surface area contributed by atoms with Crippen molar-refractivity contribution in [1.82, 2.24) is 4.98 Å². The summed E-state index contributed by atoms with van der Waals surface area (Å²) in [5, 5.41) is 20.6. The Morgan fingerprint density at radius 3 is 2.08 bits per heavy atom. The van der Waals surface area contributed by atoms with Crippen LogP contribution in [-0.4, -0.2) is 27.1 Å². The number of carboxylic acid groups (broad SMARTS) is 2. The van der Waals surface area contributed by atoms with E-state index in [0.717, 1.165) is 27.4 Å². The molecule has 4 aromatic rings. The van der Waals surface area contributed by atoms with Crippen LogP contribution >= 0.6 is 0 Å². The summed E-state index contributed by atoms with van der Waals surface area (Å²) in [5.74, 6) is -2.32. The van der Waals surface area contributed by atoms with Crippen LogP contribution in [0.25, 0.3) is 32.9 Å². The van der Waals surface area contributed by atoms with E-state index in [0.29, 0.717) is 5.56 Å². The van der Waals surface area contributed by atoms with Gasteiger partial charge in [0.2, 0.25) is 0 Å². The Morgan fingerprint density at radius 2 is 1.40 bits per heavy atom. The van der Waals surface area contributed by atoms with Crippen LogP contribution in [0.1, 0.15) is 20.7 Å². The van der Waals surface area contributed by atoms with Crippen LogP contribution in [0.15, 0.2) is 60.7 Å². The minimum Gasteiger partial charge on any atom is -0.478 e. The SMILES string of the molecule is O=C(O)c1cc(C(=O)O)cc(-c2cccc3c2[nH]c2ccccc23)c1.